The molecule has 1 amide bonds. The molecule has 6 nitrogen and oxygen atoms in total. The Balaban J connectivity index is 1.71. The van der Waals surface area contributed by atoms with E-state index in [4.69, 9.17) is 0 Å². The summed E-state index contributed by atoms with van der Waals surface area (Å²) in [7, 11) is 0. The van der Waals surface area contributed by atoms with Gasteiger partial charge in [-0.3, -0.25) is 4.90 Å². The van der Waals surface area contributed by atoms with Crippen LogP contribution in [-0.4, -0.2) is 20.4 Å². The highest BCUT2D eigenvalue weighted by molar-refractivity contribution is 5.95. The van der Waals surface area contributed by atoms with Crippen LogP contribution >= 0.6 is 0 Å². The normalized spacial score (nSPS) is 13.4. The van der Waals surface area contributed by atoms with Crippen molar-refractivity contribution in [2.75, 3.05) is 4.90 Å². The maximum Gasteiger partial charge on any atom is 0.364 e. The highest BCUT2D eigenvalue weighted by atomic mass is 19.1. The van der Waals surface area contributed by atoms with Crippen LogP contribution in [0.3, 0.4) is 0 Å². The molecule has 0 spiro atoms. The summed E-state index contributed by atoms with van der Waals surface area (Å²) >= 11 is 0. The summed E-state index contributed by atoms with van der Waals surface area (Å²) in [5.74, 6) is -0.619. The maximum atomic E-state index is 13.9. The van der Waals surface area contributed by atoms with Crippen LogP contribution in [-0.2, 0) is 13.1 Å². The smallest absolute Gasteiger partial charge is 0.285 e. The van der Waals surface area contributed by atoms with Crippen molar-refractivity contribution in [3.63, 3.8) is 0 Å². The Morgan fingerprint density at radius 1 is 1.00 bits per heavy atom. The van der Waals surface area contributed by atoms with Crippen molar-refractivity contribution in [1.82, 2.24) is 14.3 Å². The second-order valence-electron chi connectivity index (χ2n) is 5.62. The molecule has 0 saturated heterocycles. The Labute approximate surface area is 140 Å². The Kier molecular flexibility index (Phi) is 3.45. The number of nitrogens with zero attached hydrogens (tertiary/aromatic N) is 4. The number of hydrogen-bond acceptors (Lipinski definition) is 3. The first-order valence-corrected chi connectivity index (χ1v) is 7.54. The number of fused-ring (bicyclic) bond motifs is 1. The molecule has 0 fully saturated rings. The average Bonchev–Trinajstić information content (AvgIpc) is 3.07. The number of benzene rings is 2. The molecule has 0 atom stereocenters. The van der Waals surface area contributed by atoms with Gasteiger partial charge in [0.2, 0.25) is 0 Å². The fraction of sp³-hybridized carbons (Fsp3) is 0.118. The van der Waals surface area contributed by atoms with Crippen LogP contribution in [0.1, 0.15) is 11.4 Å². The highest BCUT2D eigenvalue weighted by Gasteiger charge is 2.33. The van der Waals surface area contributed by atoms with Crippen molar-refractivity contribution in [3.8, 4) is 0 Å². The monoisotopic (exact) mass is 342 g/mol. The van der Waals surface area contributed by atoms with Crippen LogP contribution in [0.4, 0.5) is 19.3 Å². The number of amides is 1. The highest BCUT2D eigenvalue weighted by Crippen LogP contribution is 2.23. The molecule has 3 aromatic rings. The molecule has 0 radical (unpaired) electrons. The number of anilines is 1. The fourth-order valence-corrected chi connectivity index (χ4v) is 2.83. The number of halogens is 2. The first-order chi connectivity index (χ1) is 12.0. The third-order valence-corrected chi connectivity index (χ3v) is 4.06. The fourth-order valence-electron chi connectivity index (χ4n) is 2.83. The van der Waals surface area contributed by atoms with Crippen molar-refractivity contribution in [1.29, 1.82) is 0 Å². The molecule has 2 heterocycles. The predicted octanol–water partition coefficient (Wildman–Crippen LogP) is 2.36. The Hall–Kier alpha value is -3.29. The van der Waals surface area contributed by atoms with Gasteiger partial charge in [-0.1, -0.05) is 18.2 Å². The quantitative estimate of drug-likeness (QED) is 0.734. The van der Waals surface area contributed by atoms with Crippen LogP contribution in [0.25, 0.3) is 0 Å². The summed E-state index contributed by atoms with van der Waals surface area (Å²) in [6, 6.07) is 11.0. The molecule has 1 aliphatic heterocycles. The minimum Gasteiger partial charge on any atom is -0.285 e. The largest absolute Gasteiger partial charge is 0.364 e. The van der Waals surface area contributed by atoms with E-state index in [1.807, 2.05) is 0 Å². The van der Waals surface area contributed by atoms with Crippen molar-refractivity contribution < 1.29 is 13.6 Å². The number of carbonyl (C=O) groups excluding carboxylic acids is 1. The Bertz CT molecular complexity index is 1020. The van der Waals surface area contributed by atoms with E-state index in [1.165, 1.54) is 35.2 Å². The molecule has 1 aromatic heterocycles. The lowest BCUT2D eigenvalue weighted by Crippen LogP contribution is -2.34. The van der Waals surface area contributed by atoms with Crippen LogP contribution in [0.5, 0.6) is 0 Å². The zero-order valence-corrected chi connectivity index (χ0v) is 12.9. The third-order valence-electron chi connectivity index (χ3n) is 4.06. The van der Waals surface area contributed by atoms with Gasteiger partial charge in [0.15, 0.2) is 5.82 Å². The number of rotatable bonds is 3. The summed E-state index contributed by atoms with van der Waals surface area (Å²) in [6.07, 6.45) is 0. The van der Waals surface area contributed by atoms with Gasteiger partial charge in [-0.25, -0.2) is 23.1 Å². The molecule has 25 heavy (non-hydrogen) atoms. The van der Waals surface area contributed by atoms with E-state index in [9.17, 15) is 18.4 Å². The van der Waals surface area contributed by atoms with Gasteiger partial charge in [0.1, 0.15) is 11.6 Å². The van der Waals surface area contributed by atoms with E-state index in [0.717, 1.165) is 9.36 Å². The lowest BCUT2D eigenvalue weighted by atomic mass is 10.2. The molecule has 1 aliphatic rings. The van der Waals surface area contributed by atoms with E-state index < -0.39 is 23.4 Å². The minimum absolute atomic E-state index is 0.0873. The molecule has 0 saturated carbocycles. The van der Waals surface area contributed by atoms with Gasteiger partial charge in [0.25, 0.3) is 0 Å². The molecule has 4 rings (SSSR count). The summed E-state index contributed by atoms with van der Waals surface area (Å²) in [4.78, 5) is 30.0. The maximum absolute atomic E-state index is 13.9. The van der Waals surface area contributed by atoms with Gasteiger partial charge < -0.3 is 0 Å². The zero-order valence-electron chi connectivity index (χ0n) is 12.9. The molecule has 0 bridgehead atoms. The Morgan fingerprint density at radius 3 is 2.44 bits per heavy atom. The molecule has 0 unspecified atom stereocenters. The van der Waals surface area contributed by atoms with E-state index in [0.29, 0.717) is 5.69 Å². The van der Waals surface area contributed by atoms with E-state index in [-0.39, 0.29) is 24.5 Å². The van der Waals surface area contributed by atoms with Crippen molar-refractivity contribution in [2.45, 2.75) is 13.1 Å². The van der Waals surface area contributed by atoms with Gasteiger partial charge in [0.05, 0.1) is 13.1 Å². The second kappa shape index (κ2) is 5.66. The molecule has 0 N–H and O–H groups in total. The summed E-state index contributed by atoms with van der Waals surface area (Å²) in [6.45, 7) is -0.0223. The van der Waals surface area contributed by atoms with Gasteiger partial charge in [-0.05, 0) is 30.3 Å². The average molecular weight is 342 g/mol. The summed E-state index contributed by atoms with van der Waals surface area (Å²) < 4.78 is 29.2. The van der Waals surface area contributed by atoms with E-state index >= 15 is 0 Å². The Morgan fingerprint density at radius 2 is 1.72 bits per heavy atom. The van der Waals surface area contributed by atoms with Gasteiger partial charge >= 0.3 is 11.7 Å². The zero-order chi connectivity index (χ0) is 17.6. The molecule has 0 aliphatic carbocycles. The third kappa shape index (κ3) is 2.51. The van der Waals surface area contributed by atoms with Crippen LogP contribution in [0.2, 0.25) is 0 Å². The lowest BCUT2D eigenvalue weighted by molar-refractivity contribution is 0.244. The summed E-state index contributed by atoms with van der Waals surface area (Å²) in [5.41, 5.74) is 0.146. The number of carbonyl (C=O) groups is 1. The van der Waals surface area contributed by atoms with E-state index in [2.05, 4.69) is 4.98 Å². The SMILES string of the molecule is O=C1N(c2ccc(F)cc2)Cc2nc(=O)n(Cc3ccccc3F)n21. The van der Waals surface area contributed by atoms with Crippen LogP contribution in [0.15, 0.2) is 53.3 Å². The van der Waals surface area contributed by atoms with Crippen molar-refractivity contribution in [3.05, 3.63) is 82.0 Å². The van der Waals surface area contributed by atoms with Crippen molar-refractivity contribution in [2.24, 2.45) is 0 Å². The van der Waals surface area contributed by atoms with Crippen molar-refractivity contribution >= 4 is 11.7 Å². The van der Waals surface area contributed by atoms with Crippen LogP contribution < -0.4 is 10.6 Å². The topological polar surface area (TPSA) is 60.1 Å². The van der Waals surface area contributed by atoms with Crippen LogP contribution in [0, 0.1) is 11.6 Å². The summed E-state index contributed by atoms with van der Waals surface area (Å²) in [5, 5.41) is 0. The number of aromatic nitrogens is 3. The van der Waals surface area contributed by atoms with Gasteiger partial charge in [-0.15, -0.1) is 0 Å². The van der Waals surface area contributed by atoms with E-state index in [1.54, 1.807) is 18.2 Å². The molecule has 2 aromatic carbocycles. The first-order valence-electron chi connectivity index (χ1n) is 7.54. The van der Waals surface area contributed by atoms with Gasteiger partial charge in [0, 0.05) is 11.3 Å². The minimum atomic E-state index is -0.620. The predicted molar refractivity (Wildman–Crippen MR) is 85.4 cm³/mol. The standard InChI is InChI=1S/C17H12F2N4O2/c18-12-5-7-13(8-6-12)21-10-15-20-16(24)22(23(15)17(21)25)9-11-3-1-2-4-14(11)19/h1-8H,9-10H2. The lowest BCUT2D eigenvalue weighted by Gasteiger charge is -2.15. The molecule has 8 heteroatoms. The molecular weight excluding hydrogens is 330 g/mol. The van der Waals surface area contributed by atoms with Gasteiger partial charge in [-0.2, -0.15) is 9.67 Å². The molecule has 126 valence electrons. The molecular formula is C17H12F2N4O2. The number of hydrogen-bond donors (Lipinski definition) is 0. The first kappa shape index (κ1) is 15.3. The second-order valence-corrected chi connectivity index (χ2v) is 5.62.